The number of carboxylic acid groups (broad SMARTS) is 1. The van der Waals surface area contributed by atoms with Crippen molar-refractivity contribution in [1.29, 1.82) is 0 Å². The maximum atomic E-state index is 12.4. The first-order chi connectivity index (χ1) is 15.6. The first-order valence-electron chi connectivity index (χ1n) is 10.5. The van der Waals surface area contributed by atoms with Gasteiger partial charge in [0.05, 0.1) is 12.6 Å². The molecule has 4 aromatic rings. The number of methoxy groups -OCH3 is 1. The number of fused-ring (bicyclic) bond motifs is 1. The summed E-state index contributed by atoms with van der Waals surface area (Å²) in [6, 6.07) is 23.3. The van der Waals surface area contributed by atoms with Gasteiger partial charge in [-0.1, -0.05) is 60.1 Å². The van der Waals surface area contributed by atoms with Gasteiger partial charge in [0.1, 0.15) is 11.4 Å². The normalized spacial score (nSPS) is 11.1. The summed E-state index contributed by atoms with van der Waals surface area (Å²) in [7, 11) is 1.61. The summed E-state index contributed by atoms with van der Waals surface area (Å²) in [4.78, 5) is 12.4. The molecule has 0 unspecified atom stereocenters. The van der Waals surface area contributed by atoms with Crippen molar-refractivity contribution in [2.24, 2.45) is 0 Å². The standard InChI is InChI=1S/C26H25ClN2O3/c1-32-20-11-12-21-22(16-28-14-13-19-9-5-6-10-23(19)27)25(26(30)31)29(24(21)15-20)17-18-7-3-2-4-8-18/h2-12,15,28H,13-14,16-17H2,1H3,(H,30,31). The zero-order valence-electron chi connectivity index (χ0n) is 17.8. The van der Waals surface area contributed by atoms with Gasteiger partial charge in [-0.05, 0) is 42.3 Å². The molecule has 5 nitrogen and oxygen atoms in total. The van der Waals surface area contributed by atoms with Crippen molar-refractivity contribution in [3.63, 3.8) is 0 Å². The van der Waals surface area contributed by atoms with Crippen LogP contribution in [0.4, 0.5) is 0 Å². The van der Waals surface area contributed by atoms with Crippen LogP contribution in [-0.4, -0.2) is 29.3 Å². The molecule has 0 fully saturated rings. The molecule has 32 heavy (non-hydrogen) atoms. The molecule has 0 bridgehead atoms. The molecule has 0 aliphatic carbocycles. The predicted octanol–water partition coefficient (Wildman–Crippen LogP) is 5.38. The molecule has 164 valence electrons. The number of benzene rings is 3. The van der Waals surface area contributed by atoms with Gasteiger partial charge in [0.15, 0.2) is 0 Å². The Balaban J connectivity index is 1.67. The van der Waals surface area contributed by atoms with E-state index >= 15 is 0 Å². The molecule has 0 saturated carbocycles. The fraction of sp³-hybridized carbons (Fsp3) is 0.192. The Hall–Kier alpha value is -3.28. The molecule has 0 radical (unpaired) electrons. The third-order valence-corrected chi connectivity index (χ3v) is 5.96. The summed E-state index contributed by atoms with van der Waals surface area (Å²) in [5.74, 6) is -0.251. The Morgan fingerprint density at radius 3 is 2.53 bits per heavy atom. The van der Waals surface area contributed by atoms with Crippen LogP contribution < -0.4 is 10.1 Å². The van der Waals surface area contributed by atoms with Crippen LogP contribution in [0.25, 0.3) is 10.9 Å². The lowest BCUT2D eigenvalue weighted by atomic mass is 10.1. The molecule has 1 heterocycles. The molecule has 0 aliphatic rings. The van der Waals surface area contributed by atoms with Gasteiger partial charge in [0.25, 0.3) is 0 Å². The molecular weight excluding hydrogens is 424 g/mol. The third-order valence-electron chi connectivity index (χ3n) is 5.59. The van der Waals surface area contributed by atoms with E-state index in [-0.39, 0.29) is 0 Å². The SMILES string of the molecule is COc1ccc2c(CNCCc3ccccc3Cl)c(C(=O)O)n(Cc3ccccc3)c2c1. The minimum absolute atomic E-state index is 0.294. The number of halogens is 1. The maximum Gasteiger partial charge on any atom is 0.352 e. The largest absolute Gasteiger partial charge is 0.497 e. The lowest BCUT2D eigenvalue weighted by Gasteiger charge is -2.10. The van der Waals surface area contributed by atoms with Crippen LogP contribution in [0, 0.1) is 0 Å². The number of aromatic nitrogens is 1. The van der Waals surface area contributed by atoms with E-state index in [1.807, 2.05) is 77.4 Å². The van der Waals surface area contributed by atoms with Crippen molar-refractivity contribution < 1.29 is 14.6 Å². The van der Waals surface area contributed by atoms with E-state index in [1.54, 1.807) is 7.11 Å². The van der Waals surface area contributed by atoms with Crippen LogP contribution in [-0.2, 0) is 19.5 Å². The van der Waals surface area contributed by atoms with Crippen molar-refractivity contribution in [3.05, 3.63) is 100 Å². The van der Waals surface area contributed by atoms with Gasteiger partial charge in [-0.2, -0.15) is 0 Å². The summed E-state index contributed by atoms with van der Waals surface area (Å²) in [5, 5.41) is 15.2. The van der Waals surface area contributed by atoms with Crippen molar-refractivity contribution >= 4 is 28.5 Å². The zero-order chi connectivity index (χ0) is 22.5. The average Bonchev–Trinajstić information content (AvgIpc) is 3.11. The topological polar surface area (TPSA) is 63.5 Å². The van der Waals surface area contributed by atoms with E-state index < -0.39 is 5.97 Å². The molecule has 4 rings (SSSR count). The Bertz CT molecular complexity index is 1230. The fourth-order valence-electron chi connectivity index (χ4n) is 4.02. The predicted molar refractivity (Wildman–Crippen MR) is 128 cm³/mol. The number of hydrogen-bond donors (Lipinski definition) is 2. The van der Waals surface area contributed by atoms with Gasteiger partial charge in [-0.25, -0.2) is 4.79 Å². The quantitative estimate of drug-likeness (QED) is 0.337. The summed E-state index contributed by atoms with van der Waals surface area (Å²) in [5.41, 5.74) is 4.01. The number of ether oxygens (including phenoxy) is 1. The monoisotopic (exact) mass is 448 g/mol. The number of rotatable bonds is 9. The summed E-state index contributed by atoms with van der Waals surface area (Å²) >= 11 is 6.25. The highest BCUT2D eigenvalue weighted by Crippen LogP contribution is 2.30. The smallest absolute Gasteiger partial charge is 0.352 e. The highest BCUT2D eigenvalue weighted by molar-refractivity contribution is 6.31. The van der Waals surface area contributed by atoms with Crippen molar-refractivity contribution in [1.82, 2.24) is 9.88 Å². The first-order valence-corrected chi connectivity index (χ1v) is 10.9. The van der Waals surface area contributed by atoms with Crippen molar-refractivity contribution in [3.8, 4) is 5.75 Å². The van der Waals surface area contributed by atoms with Crippen LogP contribution >= 0.6 is 11.6 Å². The number of aromatic carboxylic acids is 1. The molecule has 0 aliphatic heterocycles. The molecular formula is C26H25ClN2O3. The first kappa shape index (κ1) is 21.9. The highest BCUT2D eigenvalue weighted by Gasteiger charge is 2.22. The lowest BCUT2D eigenvalue weighted by Crippen LogP contribution is -2.19. The number of hydrogen-bond acceptors (Lipinski definition) is 3. The van der Waals surface area contributed by atoms with Crippen LogP contribution in [0.15, 0.2) is 72.8 Å². The molecule has 0 atom stereocenters. The second-order valence-corrected chi connectivity index (χ2v) is 8.01. The van der Waals surface area contributed by atoms with E-state index in [2.05, 4.69) is 5.32 Å². The minimum Gasteiger partial charge on any atom is -0.497 e. The van der Waals surface area contributed by atoms with Gasteiger partial charge < -0.3 is 19.7 Å². The highest BCUT2D eigenvalue weighted by atomic mass is 35.5. The molecule has 0 amide bonds. The number of carbonyl (C=O) groups is 1. The van der Waals surface area contributed by atoms with E-state index in [0.29, 0.717) is 31.1 Å². The molecule has 6 heteroatoms. The fourth-order valence-corrected chi connectivity index (χ4v) is 4.25. The molecule has 1 aromatic heterocycles. The Morgan fingerprint density at radius 2 is 1.81 bits per heavy atom. The Kier molecular flexibility index (Phi) is 6.78. The van der Waals surface area contributed by atoms with Crippen LogP contribution in [0.2, 0.25) is 5.02 Å². The maximum absolute atomic E-state index is 12.4. The Morgan fingerprint density at radius 1 is 1.06 bits per heavy atom. The summed E-state index contributed by atoms with van der Waals surface area (Å²) in [6.07, 6.45) is 0.762. The second-order valence-electron chi connectivity index (χ2n) is 7.61. The summed E-state index contributed by atoms with van der Waals surface area (Å²) in [6.45, 7) is 1.59. The van der Waals surface area contributed by atoms with Gasteiger partial charge in [-0.3, -0.25) is 0 Å². The van der Waals surface area contributed by atoms with Crippen LogP contribution in [0.3, 0.4) is 0 Å². The van der Waals surface area contributed by atoms with Gasteiger partial charge in [0.2, 0.25) is 0 Å². The second kappa shape index (κ2) is 9.90. The lowest BCUT2D eigenvalue weighted by molar-refractivity contribution is 0.0684. The van der Waals surface area contributed by atoms with E-state index in [9.17, 15) is 9.90 Å². The molecule has 0 saturated heterocycles. The molecule has 2 N–H and O–H groups in total. The van der Waals surface area contributed by atoms with Gasteiger partial charge in [0, 0.05) is 35.1 Å². The summed E-state index contributed by atoms with van der Waals surface area (Å²) < 4.78 is 7.27. The van der Waals surface area contributed by atoms with Crippen molar-refractivity contribution in [2.75, 3.05) is 13.7 Å². The van der Waals surface area contributed by atoms with E-state index in [1.165, 1.54) is 0 Å². The number of nitrogens with one attached hydrogen (secondary N) is 1. The minimum atomic E-state index is -0.945. The zero-order valence-corrected chi connectivity index (χ0v) is 18.6. The molecule has 0 spiro atoms. The molecule has 3 aromatic carbocycles. The van der Waals surface area contributed by atoms with E-state index in [0.717, 1.165) is 39.0 Å². The van der Waals surface area contributed by atoms with Crippen molar-refractivity contribution in [2.45, 2.75) is 19.5 Å². The number of carboxylic acids is 1. The third kappa shape index (κ3) is 4.64. The average molecular weight is 449 g/mol. The van der Waals surface area contributed by atoms with Gasteiger partial charge >= 0.3 is 5.97 Å². The van der Waals surface area contributed by atoms with E-state index in [4.69, 9.17) is 16.3 Å². The number of nitrogens with zero attached hydrogens (tertiary/aromatic N) is 1. The Labute approximate surface area is 192 Å². The van der Waals surface area contributed by atoms with Crippen LogP contribution in [0.5, 0.6) is 5.75 Å². The van der Waals surface area contributed by atoms with Crippen LogP contribution in [0.1, 0.15) is 27.2 Å². The van der Waals surface area contributed by atoms with Gasteiger partial charge in [-0.15, -0.1) is 0 Å².